The van der Waals surface area contributed by atoms with Gasteiger partial charge in [0.1, 0.15) is 17.0 Å². The molecule has 0 atom stereocenters. The van der Waals surface area contributed by atoms with Crippen LogP contribution in [0.15, 0.2) is 24.5 Å². The lowest BCUT2D eigenvalue weighted by atomic mass is 10.0. The third-order valence-corrected chi connectivity index (χ3v) is 5.28. The molecule has 0 bridgehead atoms. The molecule has 0 aliphatic rings. The number of amides is 1. The molecule has 8 nitrogen and oxygen atoms in total. The van der Waals surface area contributed by atoms with Crippen LogP contribution in [0.2, 0.25) is 5.02 Å². The molecular formula is C23H30ClF2N7OS. The molecule has 0 spiro atoms. The van der Waals surface area contributed by atoms with Crippen LogP contribution in [0.1, 0.15) is 49.3 Å². The molecule has 12 heteroatoms. The molecule has 0 saturated heterocycles. The number of fused-ring (bicyclic) bond motifs is 1. The van der Waals surface area contributed by atoms with Crippen LogP contribution in [0.4, 0.5) is 14.0 Å². The van der Waals surface area contributed by atoms with Gasteiger partial charge in [-0.2, -0.15) is 0 Å². The molecule has 2 heterocycles. The lowest BCUT2D eigenvalue weighted by Gasteiger charge is -2.16. The Morgan fingerprint density at radius 1 is 1.31 bits per heavy atom. The van der Waals surface area contributed by atoms with Crippen molar-refractivity contribution in [2.24, 2.45) is 0 Å². The molecule has 0 unspecified atom stereocenters. The van der Waals surface area contributed by atoms with Crippen molar-refractivity contribution in [3.05, 3.63) is 52.2 Å². The maximum Gasteiger partial charge on any atom is 0.255 e. The highest BCUT2D eigenvalue weighted by molar-refractivity contribution is 7.92. The first kappa shape index (κ1) is 28.5. The molecule has 35 heavy (non-hydrogen) atoms. The summed E-state index contributed by atoms with van der Waals surface area (Å²) in [5.41, 5.74) is 0.418. The maximum absolute atomic E-state index is 14.9. The van der Waals surface area contributed by atoms with Gasteiger partial charge in [0.05, 0.1) is 23.0 Å². The van der Waals surface area contributed by atoms with Gasteiger partial charge in [-0.25, -0.2) is 18.3 Å². The number of nitrogens with one attached hydrogen (secondary N) is 3. The van der Waals surface area contributed by atoms with Gasteiger partial charge in [-0.3, -0.25) is 10.2 Å². The smallest absolute Gasteiger partial charge is 0.255 e. The van der Waals surface area contributed by atoms with Crippen LogP contribution in [-0.2, 0) is 0 Å². The molecule has 0 saturated carbocycles. The Balaban J connectivity index is 0.00000210. The summed E-state index contributed by atoms with van der Waals surface area (Å²) in [6, 6.07) is 2.50. The van der Waals surface area contributed by atoms with Gasteiger partial charge >= 0.3 is 0 Å². The van der Waals surface area contributed by atoms with Crippen molar-refractivity contribution in [2.75, 3.05) is 32.5 Å². The van der Waals surface area contributed by atoms with Crippen molar-refractivity contribution >= 4 is 52.4 Å². The first-order valence-electron chi connectivity index (χ1n) is 11.1. The number of benzene rings is 1. The second kappa shape index (κ2) is 12.8. The number of hydrogen-bond acceptors (Lipinski definition) is 7. The molecule has 0 fully saturated rings. The fraction of sp³-hybridized carbons (Fsp3) is 0.391. The van der Waals surface area contributed by atoms with Crippen LogP contribution in [0.3, 0.4) is 0 Å². The van der Waals surface area contributed by atoms with E-state index in [2.05, 4.69) is 20.6 Å². The number of anilines is 1. The van der Waals surface area contributed by atoms with Crippen molar-refractivity contribution in [3.8, 4) is 0 Å². The fourth-order valence-corrected chi connectivity index (χ4v) is 3.70. The highest BCUT2D eigenvalue weighted by Gasteiger charge is 2.23. The van der Waals surface area contributed by atoms with E-state index in [9.17, 15) is 13.1 Å². The van der Waals surface area contributed by atoms with Crippen LogP contribution < -0.4 is 10.6 Å². The number of rotatable bonds is 9. The van der Waals surface area contributed by atoms with Gasteiger partial charge in [-0.1, -0.05) is 25.4 Å². The highest BCUT2D eigenvalue weighted by atomic mass is 35.5. The standard InChI is InChI=1S/C21H24ClF2N7OS.C2H6/c1-11(2)28-21(32)13-10-31(33-24)20-19(13)29-16(9-27-20)18(25)17-14(23)7-12(22)8-15(17)26-5-6-30(3)4;1-2/h7-11,25-26H,5-6H2,1-4H3,(H,28,32);1-2H3. The molecule has 1 aromatic carbocycles. The van der Waals surface area contributed by atoms with Crippen LogP contribution in [0, 0.1) is 11.2 Å². The number of carbonyl (C=O) groups excluding carboxylic acids is 1. The van der Waals surface area contributed by atoms with Crippen LogP contribution in [0.25, 0.3) is 11.2 Å². The van der Waals surface area contributed by atoms with E-state index in [1.165, 1.54) is 18.5 Å². The maximum atomic E-state index is 14.9. The molecular weight excluding hydrogens is 496 g/mol. The molecule has 3 N–H and O–H groups in total. The van der Waals surface area contributed by atoms with Gasteiger partial charge in [-0.05, 0) is 40.1 Å². The van der Waals surface area contributed by atoms with E-state index < -0.39 is 11.7 Å². The summed E-state index contributed by atoms with van der Waals surface area (Å²) in [5, 5.41) is 14.7. The van der Waals surface area contributed by atoms with Crippen molar-refractivity contribution in [2.45, 2.75) is 33.7 Å². The van der Waals surface area contributed by atoms with E-state index in [-0.39, 0.29) is 57.1 Å². The molecule has 0 aliphatic heterocycles. The zero-order chi connectivity index (χ0) is 26.3. The summed E-state index contributed by atoms with van der Waals surface area (Å²) >= 11 is 5.91. The summed E-state index contributed by atoms with van der Waals surface area (Å²) < 4.78 is 29.4. The average molecular weight is 526 g/mol. The minimum atomic E-state index is -0.698. The Hall–Kier alpha value is -2.76. The lowest BCUT2D eigenvalue weighted by Crippen LogP contribution is -2.30. The van der Waals surface area contributed by atoms with E-state index in [1.807, 2.05) is 32.8 Å². The number of halogens is 3. The van der Waals surface area contributed by atoms with E-state index in [0.29, 0.717) is 18.8 Å². The van der Waals surface area contributed by atoms with Crippen LogP contribution >= 0.6 is 23.9 Å². The van der Waals surface area contributed by atoms with E-state index in [0.717, 1.165) is 10.0 Å². The summed E-state index contributed by atoms with van der Waals surface area (Å²) in [6.07, 6.45) is 2.54. The Morgan fingerprint density at radius 2 is 2.00 bits per heavy atom. The summed E-state index contributed by atoms with van der Waals surface area (Å²) in [5.74, 6) is -1.15. The van der Waals surface area contributed by atoms with E-state index in [1.54, 1.807) is 13.8 Å². The van der Waals surface area contributed by atoms with E-state index in [4.69, 9.17) is 17.0 Å². The Kier molecular flexibility index (Phi) is 10.4. The lowest BCUT2D eigenvalue weighted by molar-refractivity contribution is 0.0944. The Labute approximate surface area is 213 Å². The normalized spacial score (nSPS) is 10.9. The zero-order valence-electron chi connectivity index (χ0n) is 20.5. The van der Waals surface area contributed by atoms with Crippen molar-refractivity contribution in [1.82, 2.24) is 24.2 Å². The third kappa shape index (κ3) is 6.89. The Morgan fingerprint density at radius 3 is 2.60 bits per heavy atom. The minimum absolute atomic E-state index is 0.0274. The van der Waals surface area contributed by atoms with Crippen LogP contribution in [-0.4, -0.2) is 63.7 Å². The topological polar surface area (TPSA) is 98.9 Å². The second-order valence-corrected chi connectivity index (χ2v) is 8.88. The fourth-order valence-electron chi connectivity index (χ4n) is 3.15. The van der Waals surface area contributed by atoms with Gasteiger partial charge in [0, 0.05) is 36.0 Å². The summed E-state index contributed by atoms with van der Waals surface area (Å²) in [4.78, 5) is 23.1. The second-order valence-electron chi connectivity index (χ2n) is 7.91. The first-order valence-corrected chi connectivity index (χ1v) is 12.1. The number of nitrogens with zero attached hydrogens (tertiary/aromatic N) is 4. The van der Waals surface area contributed by atoms with Crippen LogP contribution in [0.5, 0.6) is 0 Å². The van der Waals surface area contributed by atoms with Crippen molar-refractivity contribution in [1.29, 1.82) is 5.41 Å². The quantitative estimate of drug-likeness (QED) is 0.334. The monoisotopic (exact) mass is 525 g/mol. The van der Waals surface area contributed by atoms with Gasteiger partial charge in [0.15, 0.2) is 18.0 Å². The number of aromatic nitrogens is 3. The van der Waals surface area contributed by atoms with Crippen molar-refractivity contribution < 1.29 is 13.1 Å². The minimum Gasteiger partial charge on any atom is -0.383 e. The third-order valence-electron chi connectivity index (χ3n) is 4.64. The van der Waals surface area contributed by atoms with Gasteiger partial charge < -0.3 is 15.5 Å². The first-order chi connectivity index (χ1) is 16.6. The molecule has 3 rings (SSSR count). The molecule has 190 valence electrons. The molecule has 0 aliphatic carbocycles. The molecule has 1 amide bonds. The van der Waals surface area contributed by atoms with Gasteiger partial charge in [0.2, 0.25) is 0 Å². The largest absolute Gasteiger partial charge is 0.383 e. The zero-order valence-corrected chi connectivity index (χ0v) is 22.1. The number of carbonyl (C=O) groups is 1. The average Bonchev–Trinajstić information content (AvgIpc) is 3.17. The Bertz CT molecular complexity index is 1200. The predicted octanol–water partition coefficient (Wildman–Crippen LogP) is 5.16. The number of likely N-dealkylation sites (N-methyl/N-ethyl adjacent to an activating group) is 1. The highest BCUT2D eigenvalue weighted by Crippen LogP contribution is 2.28. The molecule has 3 aromatic rings. The summed E-state index contributed by atoms with van der Waals surface area (Å²) in [7, 11) is 3.81. The predicted molar refractivity (Wildman–Crippen MR) is 140 cm³/mol. The molecule has 2 aromatic heterocycles. The molecule has 0 radical (unpaired) electrons. The van der Waals surface area contributed by atoms with E-state index >= 15 is 0 Å². The van der Waals surface area contributed by atoms with Gasteiger partial charge in [-0.15, -0.1) is 3.89 Å². The number of hydrogen-bond donors (Lipinski definition) is 3. The SMILES string of the molecule is CC.CC(C)NC(=O)c1cn(SF)c2ncc(C(=N)c3c(F)cc(Cl)cc3NCCN(C)C)nc12. The van der Waals surface area contributed by atoms with Crippen molar-refractivity contribution in [3.63, 3.8) is 0 Å². The summed E-state index contributed by atoms with van der Waals surface area (Å²) in [6.45, 7) is 8.76. The van der Waals surface area contributed by atoms with Gasteiger partial charge in [0.25, 0.3) is 5.91 Å².